The van der Waals surface area contributed by atoms with E-state index in [4.69, 9.17) is 4.52 Å². The van der Waals surface area contributed by atoms with Gasteiger partial charge in [0.2, 0.25) is 0 Å². The molecule has 1 fully saturated rings. The summed E-state index contributed by atoms with van der Waals surface area (Å²) in [6.07, 6.45) is 0. The normalized spacial score (nSPS) is 14.5. The van der Waals surface area contributed by atoms with Gasteiger partial charge in [-0.15, -0.1) is 0 Å². The lowest BCUT2D eigenvalue weighted by Crippen LogP contribution is -2.53. The van der Waals surface area contributed by atoms with E-state index in [-0.39, 0.29) is 11.9 Å². The Morgan fingerprint density at radius 2 is 1.76 bits per heavy atom. The van der Waals surface area contributed by atoms with Crippen LogP contribution < -0.4 is 5.32 Å². The number of nitrogens with one attached hydrogen (secondary N) is 1. The Morgan fingerprint density at radius 1 is 1.12 bits per heavy atom. The highest BCUT2D eigenvalue weighted by atomic mass is 16.5. The first-order chi connectivity index (χ1) is 12.1. The molecule has 0 saturated carbocycles. The van der Waals surface area contributed by atoms with Gasteiger partial charge < -0.3 is 19.6 Å². The molecule has 3 amide bonds. The summed E-state index contributed by atoms with van der Waals surface area (Å²) in [6.45, 7) is 6.38. The predicted octanol–water partition coefficient (Wildman–Crippen LogP) is 1.53. The SMILES string of the molecule is CCNC(=O)N1CCN(C(=O)c2ccc(-c3nc(C)no3)cc2)CC1. The molecule has 2 heterocycles. The maximum Gasteiger partial charge on any atom is 0.317 e. The maximum atomic E-state index is 12.6. The van der Waals surface area contributed by atoms with Crippen LogP contribution in [0.15, 0.2) is 28.8 Å². The highest BCUT2D eigenvalue weighted by Gasteiger charge is 2.24. The van der Waals surface area contributed by atoms with E-state index in [2.05, 4.69) is 15.5 Å². The highest BCUT2D eigenvalue weighted by Crippen LogP contribution is 2.18. The van der Waals surface area contributed by atoms with Gasteiger partial charge in [-0.25, -0.2) is 4.79 Å². The number of nitrogens with zero attached hydrogens (tertiary/aromatic N) is 4. The quantitative estimate of drug-likeness (QED) is 0.912. The van der Waals surface area contributed by atoms with Crippen molar-refractivity contribution < 1.29 is 14.1 Å². The zero-order valence-corrected chi connectivity index (χ0v) is 14.4. The average Bonchev–Trinajstić information content (AvgIpc) is 3.08. The van der Waals surface area contributed by atoms with Crippen molar-refractivity contribution in [1.29, 1.82) is 0 Å². The van der Waals surface area contributed by atoms with Crippen molar-refractivity contribution in [2.24, 2.45) is 0 Å². The number of carbonyl (C=O) groups is 2. The van der Waals surface area contributed by atoms with Crippen LogP contribution in [-0.4, -0.2) is 64.6 Å². The van der Waals surface area contributed by atoms with Crippen molar-refractivity contribution in [2.75, 3.05) is 32.7 Å². The van der Waals surface area contributed by atoms with Crippen LogP contribution in [0.4, 0.5) is 4.79 Å². The molecule has 0 bridgehead atoms. The van der Waals surface area contributed by atoms with E-state index in [9.17, 15) is 9.59 Å². The number of urea groups is 1. The summed E-state index contributed by atoms with van der Waals surface area (Å²) in [6, 6.07) is 7.03. The minimum absolute atomic E-state index is 0.0381. The molecule has 0 atom stereocenters. The first kappa shape index (κ1) is 16.9. The third kappa shape index (κ3) is 3.78. The first-order valence-corrected chi connectivity index (χ1v) is 8.31. The van der Waals surface area contributed by atoms with Gasteiger partial charge in [-0.1, -0.05) is 5.16 Å². The minimum atomic E-state index is -0.0752. The Hall–Kier alpha value is -2.90. The Labute approximate surface area is 145 Å². The van der Waals surface area contributed by atoms with Gasteiger partial charge in [0.25, 0.3) is 11.8 Å². The molecule has 0 unspecified atom stereocenters. The molecule has 1 N–H and O–H groups in total. The molecule has 132 valence electrons. The monoisotopic (exact) mass is 343 g/mol. The van der Waals surface area contributed by atoms with Crippen LogP contribution in [0.1, 0.15) is 23.1 Å². The molecular formula is C17H21N5O3. The molecule has 0 spiro atoms. The van der Waals surface area contributed by atoms with E-state index < -0.39 is 0 Å². The molecule has 2 aromatic rings. The van der Waals surface area contributed by atoms with Crippen molar-refractivity contribution in [3.63, 3.8) is 0 Å². The van der Waals surface area contributed by atoms with Gasteiger partial charge in [-0.2, -0.15) is 4.98 Å². The molecule has 25 heavy (non-hydrogen) atoms. The van der Waals surface area contributed by atoms with Crippen LogP contribution in [0, 0.1) is 6.92 Å². The number of amides is 3. The number of piperazine rings is 1. The number of aryl methyl sites for hydroxylation is 1. The lowest BCUT2D eigenvalue weighted by atomic mass is 10.1. The summed E-state index contributed by atoms with van der Waals surface area (Å²) in [5, 5.41) is 6.54. The van der Waals surface area contributed by atoms with Crippen LogP contribution in [-0.2, 0) is 0 Å². The Kier molecular flexibility index (Phi) is 4.97. The van der Waals surface area contributed by atoms with E-state index in [0.29, 0.717) is 50.0 Å². The van der Waals surface area contributed by atoms with Crippen molar-refractivity contribution >= 4 is 11.9 Å². The van der Waals surface area contributed by atoms with E-state index >= 15 is 0 Å². The lowest BCUT2D eigenvalue weighted by Gasteiger charge is -2.34. The van der Waals surface area contributed by atoms with Crippen molar-refractivity contribution in [3.8, 4) is 11.5 Å². The molecule has 1 aromatic heterocycles. The third-order valence-corrected chi connectivity index (χ3v) is 4.09. The van der Waals surface area contributed by atoms with Crippen LogP contribution in [0.2, 0.25) is 0 Å². The van der Waals surface area contributed by atoms with Crippen molar-refractivity contribution in [3.05, 3.63) is 35.7 Å². The summed E-state index contributed by atoms with van der Waals surface area (Å²) < 4.78 is 5.12. The number of carbonyl (C=O) groups excluding carboxylic acids is 2. The van der Waals surface area contributed by atoms with E-state index in [0.717, 1.165) is 5.56 Å². The summed E-state index contributed by atoms with van der Waals surface area (Å²) in [4.78, 5) is 32.1. The number of aromatic nitrogens is 2. The summed E-state index contributed by atoms with van der Waals surface area (Å²) >= 11 is 0. The van der Waals surface area contributed by atoms with Crippen LogP contribution in [0.3, 0.4) is 0 Å². The van der Waals surface area contributed by atoms with Gasteiger partial charge in [-0.3, -0.25) is 4.79 Å². The number of hydrogen-bond acceptors (Lipinski definition) is 5. The first-order valence-electron chi connectivity index (χ1n) is 8.31. The summed E-state index contributed by atoms with van der Waals surface area (Å²) in [5.41, 5.74) is 1.38. The fraction of sp³-hybridized carbons (Fsp3) is 0.412. The molecule has 8 heteroatoms. The molecule has 1 aromatic carbocycles. The zero-order valence-electron chi connectivity index (χ0n) is 14.4. The second-order valence-corrected chi connectivity index (χ2v) is 5.84. The number of hydrogen-bond donors (Lipinski definition) is 1. The maximum absolute atomic E-state index is 12.6. The molecule has 1 aliphatic rings. The molecule has 0 aliphatic carbocycles. The smallest absolute Gasteiger partial charge is 0.317 e. The van der Waals surface area contributed by atoms with Gasteiger partial charge in [0.1, 0.15) is 0 Å². The Morgan fingerprint density at radius 3 is 2.32 bits per heavy atom. The zero-order chi connectivity index (χ0) is 17.8. The second-order valence-electron chi connectivity index (χ2n) is 5.84. The topological polar surface area (TPSA) is 91.6 Å². The summed E-state index contributed by atoms with van der Waals surface area (Å²) in [5.74, 6) is 0.969. The Balaban J connectivity index is 1.61. The third-order valence-electron chi connectivity index (χ3n) is 4.09. The van der Waals surface area contributed by atoms with Gasteiger partial charge in [0.05, 0.1) is 0 Å². The number of benzene rings is 1. The van der Waals surface area contributed by atoms with Gasteiger partial charge in [-0.05, 0) is 38.1 Å². The Bertz CT molecular complexity index is 748. The standard InChI is InChI=1S/C17H21N5O3/c1-3-18-17(24)22-10-8-21(9-11-22)16(23)14-6-4-13(5-7-14)15-19-12(2)20-25-15/h4-7H,3,8-11H2,1-2H3,(H,18,24). The predicted molar refractivity (Wildman–Crippen MR) is 91.0 cm³/mol. The minimum Gasteiger partial charge on any atom is -0.338 e. The fourth-order valence-electron chi connectivity index (χ4n) is 2.73. The van der Waals surface area contributed by atoms with Crippen molar-refractivity contribution in [2.45, 2.75) is 13.8 Å². The number of rotatable bonds is 3. The molecular weight excluding hydrogens is 322 g/mol. The van der Waals surface area contributed by atoms with Crippen molar-refractivity contribution in [1.82, 2.24) is 25.3 Å². The van der Waals surface area contributed by atoms with E-state index in [1.165, 1.54) is 0 Å². The lowest BCUT2D eigenvalue weighted by molar-refractivity contribution is 0.0665. The van der Waals surface area contributed by atoms with E-state index in [1.807, 2.05) is 6.92 Å². The molecule has 0 radical (unpaired) electrons. The molecule has 1 saturated heterocycles. The largest absolute Gasteiger partial charge is 0.338 e. The van der Waals surface area contributed by atoms with Gasteiger partial charge >= 0.3 is 6.03 Å². The van der Waals surface area contributed by atoms with Crippen LogP contribution >= 0.6 is 0 Å². The van der Waals surface area contributed by atoms with E-state index in [1.54, 1.807) is 41.0 Å². The second kappa shape index (κ2) is 7.33. The average molecular weight is 343 g/mol. The molecule has 3 rings (SSSR count). The van der Waals surface area contributed by atoms with Gasteiger partial charge in [0.15, 0.2) is 5.82 Å². The highest BCUT2D eigenvalue weighted by molar-refractivity contribution is 5.94. The van der Waals surface area contributed by atoms with Crippen LogP contribution in [0.25, 0.3) is 11.5 Å². The molecule has 1 aliphatic heterocycles. The summed E-state index contributed by atoms with van der Waals surface area (Å²) in [7, 11) is 0. The van der Waals surface area contributed by atoms with Gasteiger partial charge in [0, 0.05) is 43.9 Å². The fourth-order valence-corrected chi connectivity index (χ4v) is 2.73. The van der Waals surface area contributed by atoms with Crippen LogP contribution in [0.5, 0.6) is 0 Å². The molecule has 8 nitrogen and oxygen atoms in total.